The van der Waals surface area contributed by atoms with Gasteiger partial charge in [-0.05, 0) is 0 Å². The van der Waals surface area contributed by atoms with E-state index in [1.54, 1.807) is 17.0 Å². The van der Waals surface area contributed by atoms with E-state index < -0.39 is 18.4 Å². The SMILES string of the molecule is CCC[CH2][Sn]([CH2]CCC)([CH2]CCC)[c]1cccc[n+]1C. The van der Waals surface area contributed by atoms with E-state index in [4.69, 9.17) is 0 Å². The molecule has 1 aromatic heterocycles. The van der Waals surface area contributed by atoms with Crippen molar-refractivity contribution in [1.82, 2.24) is 0 Å². The maximum absolute atomic E-state index is 2.46. The molecule has 0 radical (unpaired) electrons. The molecule has 20 heavy (non-hydrogen) atoms. The summed E-state index contributed by atoms with van der Waals surface area (Å²) in [6.45, 7) is 7.05. The zero-order valence-electron chi connectivity index (χ0n) is 14.1. The van der Waals surface area contributed by atoms with Crippen LogP contribution in [0.5, 0.6) is 0 Å². The van der Waals surface area contributed by atoms with Gasteiger partial charge < -0.3 is 0 Å². The van der Waals surface area contributed by atoms with Crippen molar-refractivity contribution in [3.8, 4) is 0 Å². The van der Waals surface area contributed by atoms with Gasteiger partial charge in [0, 0.05) is 0 Å². The van der Waals surface area contributed by atoms with E-state index in [2.05, 4.69) is 56.8 Å². The number of aromatic nitrogens is 1. The second kappa shape index (κ2) is 9.81. The average molecular weight is 383 g/mol. The van der Waals surface area contributed by atoms with Crippen molar-refractivity contribution < 1.29 is 4.57 Å². The zero-order valence-corrected chi connectivity index (χ0v) is 17.0. The zero-order chi connectivity index (χ0) is 14.8. The van der Waals surface area contributed by atoms with Gasteiger partial charge in [0.25, 0.3) is 0 Å². The third-order valence-electron chi connectivity index (χ3n) is 4.62. The van der Waals surface area contributed by atoms with Gasteiger partial charge in [-0.2, -0.15) is 0 Å². The summed E-state index contributed by atoms with van der Waals surface area (Å²) in [5.41, 5.74) is 0. The molecule has 0 saturated heterocycles. The Morgan fingerprint density at radius 1 is 0.850 bits per heavy atom. The Morgan fingerprint density at radius 2 is 1.35 bits per heavy atom. The Bertz CT molecular complexity index is 354. The first-order valence-corrected chi connectivity index (χ1v) is 16.1. The van der Waals surface area contributed by atoms with Crippen LogP contribution in [0.15, 0.2) is 24.4 Å². The first kappa shape index (κ1) is 18.0. The van der Waals surface area contributed by atoms with E-state index in [0.29, 0.717) is 0 Å². The van der Waals surface area contributed by atoms with Gasteiger partial charge in [0.2, 0.25) is 0 Å². The Morgan fingerprint density at radius 3 is 1.75 bits per heavy atom. The Hall–Kier alpha value is -0.0513. The number of unbranched alkanes of at least 4 members (excludes halogenated alkanes) is 3. The van der Waals surface area contributed by atoms with Crippen LogP contribution in [0.3, 0.4) is 0 Å². The van der Waals surface area contributed by atoms with Crippen molar-refractivity contribution in [2.45, 2.75) is 72.6 Å². The van der Waals surface area contributed by atoms with Crippen LogP contribution in [-0.2, 0) is 7.05 Å². The minimum atomic E-state index is -2.20. The fourth-order valence-electron chi connectivity index (χ4n) is 3.38. The number of hydrogen-bond acceptors (Lipinski definition) is 0. The van der Waals surface area contributed by atoms with Crippen molar-refractivity contribution in [2.75, 3.05) is 0 Å². The Balaban J connectivity index is 3.08. The molecule has 0 aromatic carbocycles. The number of pyridine rings is 1. The summed E-state index contributed by atoms with van der Waals surface area (Å²) < 4.78 is 8.89. The van der Waals surface area contributed by atoms with Gasteiger partial charge in [-0.3, -0.25) is 0 Å². The van der Waals surface area contributed by atoms with Crippen LogP contribution in [0.2, 0.25) is 13.3 Å². The van der Waals surface area contributed by atoms with E-state index >= 15 is 0 Å². The van der Waals surface area contributed by atoms with Gasteiger partial charge in [-0.1, -0.05) is 0 Å². The molecule has 0 aliphatic carbocycles. The quantitative estimate of drug-likeness (QED) is 0.412. The summed E-state index contributed by atoms with van der Waals surface area (Å²) >= 11 is -2.20. The van der Waals surface area contributed by atoms with Crippen LogP contribution in [0, 0.1) is 0 Å². The first-order chi connectivity index (χ1) is 9.70. The van der Waals surface area contributed by atoms with Crippen LogP contribution >= 0.6 is 0 Å². The summed E-state index contributed by atoms with van der Waals surface area (Å²) in [4.78, 5) is 0. The van der Waals surface area contributed by atoms with Crippen LogP contribution in [0.1, 0.15) is 59.3 Å². The fourth-order valence-corrected chi connectivity index (χ4v) is 20.2. The molecule has 0 unspecified atom stereocenters. The molecular weight excluding hydrogens is 349 g/mol. The van der Waals surface area contributed by atoms with Crippen molar-refractivity contribution in [1.29, 1.82) is 0 Å². The molecule has 114 valence electrons. The summed E-state index contributed by atoms with van der Waals surface area (Å²) in [6.07, 6.45) is 10.7. The maximum atomic E-state index is 2.46. The van der Waals surface area contributed by atoms with E-state index in [0.717, 1.165) is 0 Å². The summed E-state index contributed by atoms with van der Waals surface area (Å²) in [7, 11) is 2.27. The molecule has 0 saturated carbocycles. The molecule has 0 spiro atoms. The van der Waals surface area contributed by atoms with E-state index in [-0.39, 0.29) is 0 Å². The fraction of sp³-hybridized carbons (Fsp3) is 0.722. The minimum absolute atomic E-state index is 1.35. The molecule has 0 amide bonds. The second-order valence-electron chi connectivity index (χ2n) is 6.29. The van der Waals surface area contributed by atoms with Crippen LogP contribution in [0.25, 0.3) is 0 Å². The number of aryl methyl sites for hydroxylation is 1. The monoisotopic (exact) mass is 384 g/mol. The predicted molar refractivity (Wildman–Crippen MR) is 92.2 cm³/mol. The Labute approximate surface area is 130 Å². The van der Waals surface area contributed by atoms with Gasteiger partial charge >= 0.3 is 131 Å². The number of nitrogens with zero attached hydrogens (tertiary/aromatic N) is 1. The molecular formula is C18H34NSn+. The van der Waals surface area contributed by atoms with Crippen LogP contribution in [-0.4, -0.2) is 18.4 Å². The van der Waals surface area contributed by atoms with Gasteiger partial charge in [0.1, 0.15) is 0 Å². The summed E-state index contributed by atoms with van der Waals surface area (Å²) in [6, 6.07) is 6.90. The van der Waals surface area contributed by atoms with Gasteiger partial charge in [-0.15, -0.1) is 0 Å². The molecule has 0 bridgehead atoms. The standard InChI is InChI=1S/C6H7N.3C4H9.Sn/c1-7-5-3-2-4-6-7;3*1-3-4-2;/h2-5H,1H3;3*1,3-4H2,2H3;/q+1;;;;. The van der Waals surface area contributed by atoms with E-state index in [1.807, 2.05) is 0 Å². The first-order valence-electron chi connectivity index (χ1n) is 8.65. The molecule has 0 aliphatic rings. The van der Waals surface area contributed by atoms with Crippen LogP contribution < -0.4 is 8.28 Å². The van der Waals surface area contributed by atoms with E-state index in [1.165, 1.54) is 38.5 Å². The molecule has 2 heteroatoms. The molecule has 0 fully saturated rings. The van der Waals surface area contributed by atoms with Crippen molar-refractivity contribution in [3.05, 3.63) is 24.4 Å². The predicted octanol–water partition coefficient (Wildman–Crippen LogP) is 4.57. The van der Waals surface area contributed by atoms with Crippen molar-refractivity contribution >= 4 is 22.1 Å². The normalized spacial score (nSPS) is 11.8. The third-order valence-corrected chi connectivity index (χ3v) is 20.4. The van der Waals surface area contributed by atoms with Crippen molar-refractivity contribution in [3.63, 3.8) is 0 Å². The molecule has 0 aliphatic heterocycles. The summed E-state index contributed by atoms with van der Waals surface area (Å²) in [5, 5.41) is 0. The molecule has 1 rings (SSSR count). The van der Waals surface area contributed by atoms with Crippen LogP contribution in [0.4, 0.5) is 0 Å². The molecule has 1 nitrogen and oxygen atoms in total. The van der Waals surface area contributed by atoms with Gasteiger partial charge in [0.15, 0.2) is 0 Å². The average Bonchev–Trinajstić information content (AvgIpc) is 2.48. The topological polar surface area (TPSA) is 3.88 Å². The molecule has 0 N–H and O–H groups in total. The third kappa shape index (κ3) is 5.05. The van der Waals surface area contributed by atoms with Gasteiger partial charge in [0.05, 0.1) is 0 Å². The molecule has 1 aromatic rings. The molecule has 1 heterocycles. The van der Waals surface area contributed by atoms with E-state index in [9.17, 15) is 0 Å². The number of hydrogen-bond donors (Lipinski definition) is 0. The van der Waals surface area contributed by atoms with Crippen molar-refractivity contribution in [2.24, 2.45) is 7.05 Å². The number of rotatable bonds is 10. The second-order valence-corrected chi connectivity index (χ2v) is 19.3. The summed E-state index contributed by atoms with van der Waals surface area (Å²) in [5.74, 6) is 0. The van der Waals surface area contributed by atoms with Gasteiger partial charge in [-0.25, -0.2) is 0 Å². The Kier molecular flexibility index (Phi) is 8.83. The molecule has 0 atom stereocenters.